The van der Waals surface area contributed by atoms with Gasteiger partial charge in [0.1, 0.15) is 0 Å². The summed E-state index contributed by atoms with van der Waals surface area (Å²) in [7, 11) is 2.08. The van der Waals surface area contributed by atoms with Crippen LogP contribution in [0.1, 0.15) is 16.7 Å². The second-order valence-corrected chi connectivity index (χ2v) is 5.38. The molecule has 2 nitrogen and oxygen atoms in total. The Morgan fingerprint density at radius 3 is 2.55 bits per heavy atom. The molecule has 1 aliphatic heterocycles. The monoisotopic (exact) mass is 265 g/mol. The predicted octanol–water partition coefficient (Wildman–Crippen LogP) is 3.24. The number of aliphatic hydroxyl groups is 1. The van der Waals surface area contributed by atoms with E-state index in [0.717, 1.165) is 12.1 Å². The summed E-state index contributed by atoms with van der Waals surface area (Å²) in [6.45, 7) is 2.98. The lowest BCUT2D eigenvalue weighted by Gasteiger charge is -2.31. The zero-order valence-electron chi connectivity index (χ0n) is 11.9. The molecule has 0 saturated carbocycles. The molecule has 2 aromatic carbocycles. The molecule has 20 heavy (non-hydrogen) atoms. The number of anilines is 1. The molecule has 3 rings (SSSR count). The molecule has 0 unspecified atom stereocenters. The number of likely N-dealkylation sites (N-methyl/N-ethyl adjacent to an activating group) is 1. The van der Waals surface area contributed by atoms with Crippen molar-refractivity contribution in [2.24, 2.45) is 0 Å². The Balaban J connectivity index is 2.26. The fraction of sp³-hybridized carbons (Fsp3) is 0.222. The third-order valence-electron chi connectivity index (χ3n) is 3.87. The minimum absolute atomic E-state index is 0.0992. The summed E-state index contributed by atoms with van der Waals surface area (Å²) in [5, 5.41) is 9.75. The molecule has 0 amide bonds. The Kier molecular flexibility index (Phi) is 3.33. The van der Waals surface area contributed by atoms with Crippen molar-refractivity contribution >= 4 is 11.3 Å². The molecule has 0 fully saturated rings. The standard InChI is InChI=1S/C18H19NO/c1-13-8-9-17-16(10-13)18(14-6-4-3-5-7-14)15(12-20)11-19(17)2/h3-10,20H,11-12H2,1-2H3. The van der Waals surface area contributed by atoms with Crippen LogP contribution < -0.4 is 4.90 Å². The third kappa shape index (κ3) is 2.12. The SMILES string of the molecule is Cc1ccc2c(c1)C(c1ccccc1)=C(CO)CN2C. The summed E-state index contributed by atoms with van der Waals surface area (Å²) in [5.74, 6) is 0. The number of fused-ring (bicyclic) bond motifs is 1. The number of benzene rings is 2. The minimum atomic E-state index is 0.0992. The van der Waals surface area contributed by atoms with Crippen LogP contribution in [-0.4, -0.2) is 25.3 Å². The summed E-state index contributed by atoms with van der Waals surface area (Å²) in [6.07, 6.45) is 0. The van der Waals surface area contributed by atoms with Crippen molar-refractivity contribution in [1.82, 2.24) is 0 Å². The second kappa shape index (κ2) is 5.14. The number of hydrogen-bond donors (Lipinski definition) is 1. The van der Waals surface area contributed by atoms with Crippen LogP contribution in [0.5, 0.6) is 0 Å². The highest BCUT2D eigenvalue weighted by Gasteiger charge is 2.22. The van der Waals surface area contributed by atoms with Crippen molar-refractivity contribution in [3.8, 4) is 0 Å². The zero-order valence-corrected chi connectivity index (χ0v) is 11.9. The summed E-state index contributed by atoms with van der Waals surface area (Å²) in [4.78, 5) is 2.20. The van der Waals surface area contributed by atoms with E-state index in [1.165, 1.54) is 28.0 Å². The molecule has 0 bridgehead atoms. The second-order valence-electron chi connectivity index (χ2n) is 5.38. The largest absolute Gasteiger partial charge is 0.392 e. The normalized spacial score (nSPS) is 14.4. The lowest BCUT2D eigenvalue weighted by atomic mass is 9.88. The van der Waals surface area contributed by atoms with Crippen LogP contribution in [0.2, 0.25) is 0 Å². The average Bonchev–Trinajstić information content (AvgIpc) is 2.47. The zero-order chi connectivity index (χ0) is 14.1. The molecule has 0 aromatic heterocycles. The first-order chi connectivity index (χ1) is 9.70. The van der Waals surface area contributed by atoms with Gasteiger partial charge in [-0.1, -0.05) is 42.0 Å². The van der Waals surface area contributed by atoms with Gasteiger partial charge in [-0.2, -0.15) is 0 Å². The van der Waals surface area contributed by atoms with Crippen molar-refractivity contribution in [3.05, 3.63) is 70.8 Å². The number of hydrogen-bond acceptors (Lipinski definition) is 2. The van der Waals surface area contributed by atoms with Crippen LogP contribution in [0.25, 0.3) is 5.57 Å². The number of nitrogens with zero attached hydrogens (tertiary/aromatic N) is 1. The predicted molar refractivity (Wildman–Crippen MR) is 84.0 cm³/mol. The Labute approximate surface area is 120 Å². The highest BCUT2D eigenvalue weighted by atomic mass is 16.3. The summed E-state index contributed by atoms with van der Waals surface area (Å²) >= 11 is 0. The Morgan fingerprint density at radius 1 is 1.10 bits per heavy atom. The molecule has 0 aliphatic carbocycles. The lowest BCUT2D eigenvalue weighted by molar-refractivity contribution is 0.329. The van der Waals surface area contributed by atoms with E-state index in [2.05, 4.69) is 49.2 Å². The summed E-state index contributed by atoms with van der Waals surface area (Å²) < 4.78 is 0. The maximum absolute atomic E-state index is 9.75. The molecule has 2 aromatic rings. The Bertz CT molecular complexity index is 658. The fourth-order valence-corrected chi connectivity index (χ4v) is 2.92. The highest BCUT2D eigenvalue weighted by Crippen LogP contribution is 2.38. The quantitative estimate of drug-likeness (QED) is 0.901. The Hall–Kier alpha value is -2.06. The van der Waals surface area contributed by atoms with Crippen LogP contribution in [0.4, 0.5) is 5.69 Å². The molecule has 0 atom stereocenters. The van der Waals surface area contributed by atoms with Crippen molar-refractivity contribution in [2.75, 3.05) is 25.1 Å². The van der Waals surface area contributed by atoms with Gasteiger partial charge in [0, 0.05) is 24.8 Å². The van der Waals surface area contributed by atoms with E-state index < -0.39 is 0 Å². The fourth-order valence-electron chi connectivity index (χ4n) is 2.92. The van der Waals surface area contributed by atoms with Crippen LogP contribution in [-0.2, 0) is 0 Å². The van der Waals surface area contributed by atoms with Gasteiger partial charge in [-0.05, 0) is 35.8 Å². The van der Waals surface area contributed by atoms with E-state index in [1.54, 1.807) is 0 Å². The van der Waals surface area contributed by atoms with Crippen LogP contribution in [0.15, 0.2) is 54.1 Å². The van der Waals surface area contributed by atoms with Gasteiger partial charge in [-0.3, -0.25) is 0 Å². The molecular weight excluding hydrogens is 246 g/mol. The minimum Gasteiger partial charge on any atom is -0.392 e. The van der Waals surface area contributed by atoms with Gasteiger partial charge < -0.3 is 10.0 Å². The first-order valence-corrected chi connectivity index (χ1v) is 6.91. The van der Waals surface area contributed by atoms with E-state index in [-0.39, 0.29) is 6.61 Å². The number of aliphatic hydroxyl groups excluding tert-OH is 1. The van der Waals surface area contributed by atoms with Crippen molar-refractivity contribution in [3.63, 3.8) is 0 Å². The lowest BCUT2D eigenvalue weighted by Crippen LogP contribution is -2.27. The first kappa shape index (κ1) is 12.9. The van der Waals surface area contributed by atoms with E-state index >= 15 is 0 Å². The maximum Gasteiger partial charge on any atom is 0.0668 e. The number of rotatable bonds is 2. The van der Waals surface area contributed by atoms with Crippen LogP contribution >= 0.6 is 0 Å². The smallest absolute Gasteiger partial charge is 0.0668 e. The van der Waals surface area contributed by atoms with Gasteiger partial charge in [0.2, 0.25) is 0 Å². The van der Waals surface area contributed by atoms with Crippen molar-refractivity contribution in [2.45, 2.75) is 6.92 Å². The van der Waals surface area contributed by atoms with Gasteiger partial charge in [0.15, 0.2) is 0 Å². The molecule has 1 N–H and O–H groups in total. The molecule has 0 spiro atoms. The van der Waals surface area contributed by atoms with Gasteiger partial charge in [-0.15, -0.1) is 0 Å². The van der Waals surface area contributed by atoms with E-state index in [9.17, 15) is 5.11 Å². The molecule has 0 saturated heterocycles. The number of aryl methyl sites for hydroxylation is 1. The average molecular weight is 265 g/mol. The molecule has 1 aliphatic rings. The van der Waals surface area contributed by atoms with Gasteiger partial charge >= 0.3 is 0 Å². The van der Waals surface area contributed by atoms with Crippen molar-refractivity contribution in [1.29, 1.82) is 0 Å². The first-order valence-electron chi connectivity index (χ1n) is 6.91. The van der Waals surface area contributed by atoms with E-state index in [4.69, 9.17) is 0 Å². The van der Waals surface area contributed by atoms with E-state index in [1.807, 2.05) is 18.2 Å². The van der Waals surface area contributed by atoms with E-state index in [0.29, 0.717) is 0 Å². The van der Waals surface area contributed by atoms with Gasteiger partial charge in [-0.25, -0.2) is 0 Å². The Morgan fingerprint density at radius 2 is 1.85 bits per heavy atom. The summed E-state index contributed by atoms with van der Waals surface area (Å²) in [6, 6.07) is 16.9. The maximum atomic E-state index is 9.75. The van der Waals surface area contributed by atoms with Gasteiger partial charge in [0.25, 0.3) is 0 Å². The third-order valence-corrected chi connectivity index (χ3v) is 3.87. The van der Waals surface area contributed by atoms with Crippen LogP contribution in [0, 0.1) is 6.92 Å². The molecule has 0 radical (unpaired) electrons. The van der Waals surface area contributed by atoms with Crippen LogP contribution in [0.3, 0.4) is 0 Å². The van der Waals surface area contributed by atoms with Crippen molar-refractivity contribution < 1.29 is 5.11 Å². The molecule has 2 heteroatoms. The topological polar surface area (TPSA) is 23.5 Å². The molecule has 102 valence electrons. The van der Waals surface area contributed by atoms with Gasteiger partial charge in [0.05, 0.1) is 6.61 Å². The molecule has 1 heterocycles. The summed E-state index contributed by atoms with van der Waals surface area (Å²) in [5.41, 5.74) is 7.13. The molecular formula is C18H19NO. The highest BCUT2D eigenvalue weighted by molar-refractivity contribution is 5.91.